The highest BCUT2D eigenvalue weighted by molar-refractivity contribution is 6.40. The van der Waals surface area contributed by atoms with Crippen molar-refractivity contribution in [1.29, 1.82) is 0 Å². The van der Waals surface area contributed by atoms with Crippen molar-refractivity contribution in [3.05, 3.63) is 27.2 Å². The molecule has 3 nitrogen and oxygen atoms in total. The Bertz CT molecular complexity index is 349. The molecule has 0 fully saturated rings. The third-order valence-corrected chi connectivity index (χ3v) is 2.79. The molecule has 1 aromatic rings. The van der Waals surface area contributed by atoms with E-state index in [9.17, 15) is 0 Å². The number of hydrogen-bond donors (Lipinski definition) is 0. The molecule has 0 N–H and O–H groups in total. The molecule has 0 amide bonds. The van der Waals surface area contributed by atoms with E-state index in [0.29, 0.717) is 53.9 Å². The Hall–Kier alpha value is -0.190. The first-order valence-corrected chi connectivity index (χ1v) is 6.71. The van der Waals surface area contributed by atoms with Crippen LogP contribution in [0, 0.1) is 0 Å². The van der Waals surface area contributed by atoms with Crippen molar-refractivity contribution in [3.8, 4) is 5.75 Å². The molecule has 0 bridgehead atoms. The van der Waals surface area contributed by atoms with Crippen LogP contribution >= 0.6 is 34.8 Å². The van der Waals surface area contributed by atoms with E-state index in [1.807, 2.05) is 6.92 Å². The van der Waals surface area contributed by atoms with Crippen molar-refractivity contribution in [3.63, 3.8) is 0 Å². The van der Waals surface area contributed by atoms with Gasteiger partial charge in [-0.3, -0.25) is 0 Å². The highest BCUT2D eigenvalue weighted by atomic mass is 35.5. The fourth-order valence-electron chi connectivity index (χ4n) is 1.23. The fourth-order valence-corrected chi connectivity index (χ4v) is 2.16. The molecule has 0 aliphatic rings. The molecule has 1 rings (SSSR count). The predicted octanol–water partition coefficient (Wildman–Crippen LogP) is 4.08. The second kappa shape index (κ2) is 8.83. The summed E-state index contributed by atoms with van der Waals surface area (Å²) in [6.45, 7) is 4.57. The molecular weight excluding hydrogens is 298 g/mol. The molecule has 1 aromatic carbocycles. The van der Waals surface area contributed by atoms with E-state index in [0.717, 1.165) is 0 Å². The lowest BCUT2D eigenvalue weighted by Gasteiger charge is -2.10. The first-order valence-electron chi connectivity index (χ1n) is 5.58. The van der Waals surface area contributed by atoms with Crippen molar-refractivity contribution in [2.45, 2.75) is 6.92 Å². The van der Waals surface area contributed by atoms with Crippen molar-refractivity contribution < 1.29 is 14.2 Å². The fraction of sp³-hybridized carbons (Fsp3) is 0.500. The van der Waals surface area contributed by atoms with E-state index in [4.69, 9.17) is 49.0 Å². The normalized spacial score (nSPS) is 10.7. The SMILES string of the molecule is CCOCCOCCOc1c(Cl)cc(Cl)cc1Cl. The van der Waals surface area contributed by atoms with Crippen LogP contribution in [-0.4, -0.2) is 33.0 Å². The largest absolute Gasteiger partial charge is 0.488 e. The monoisotopic (exact) mass is 312 g/mol. The van der Waals surface area contributed by atoms with E-state index in [1.165, 1.54) is 0 Å². The topological polar surface area (TPSA) is 27.7 Å². The summed E-state index contributed by atoms with van der Waals surface area (Å²) < 4.78 is 15.9. The summed E-state index contributed by atoms with van der Waals surface area (Å²) in [5, 5.41) is 1.26. The van der Waals surface area contributed by atoms with Gasteiger partial charge >= 0.3 is 0 Å². The Morgan fingerprint density at radius 2 is 1.44 bits per heavy atom. The summed E-state index contributed by atoms with van der Waals surface area (Å²) in [4.78, 5) is 0. The third kappa shape index (κ3) is 5.63. The van der Waals surface area contributed by atoms with Crippen molar-refractivity contribution in [2.75, 3.05) is 33.0 Å². The highest BCUT2D eigenvalue weighted by Crippen LogP contribution is 2.35. The maximum Gasteiger partial charge on any atom is 0.156 e. The lowest BCUT2D eigenvalue weighted by Crippen LogP contribution is -2.11. The smallest absolute Gasteiger partial charge is 0.156 e. The number of halogens is 3. The zero-order valence-corrected chi connectivity index (χ0v) is 12.3. The molecule has 6 heteroatoms. The van der Waals surface area contributed by atoms with Crippen LogP contribution in [0.1, 0.15) is 6.92 Å². The van der Waals surface area contributed by atoms with E-state index >= 15 is 0 Å². The van der Waals surface area contributed by atoms with E-state index in [2.05, 4.69) is 0 Å². The van der Waals surface area contributed by atoms with Gasteiger partial charge < -0.3 is 14.2 Å². The molecule has 18 heavy (non-hydrogen) atoms. The lowest BCUT2D eigenvalue weighted by atomic mass is 10.3. The average molecular weight is 314 g/mol. The average Bonchev–Trinajstić information content (AvgIpc) is 2.30. The Morgan fingerprint density at radius 1 is 0.889 bits per heavy atom. The molecular formula is C12H15Cl3O3. The van der Waals surface area contributed by atoms with E-state index < -0.39 is 0 Å². The summed E-state index contributed by atoms with van der Waals surface area (Å²) in [6.07, 6.45) is 0. The first kappa shape index (κ1) is 15.9. The molecule has 0 radical (unpaired) electrons. The van der Waals surface area contributed by atoms with Crippen LogP contribution in [0.3, 0.4) is 0 Å². The maximum absolute atomic E-state index is 5.96. The van der Waals surface area contributed by atoms with Gasteiger partial charge in [-0.2, -0.15) is 0 Å². The third-order valence-electron chi connectivity index (χ3n) is 2.01. The van der Waals surface area contributed by atoms with Gasteiger partial charge in [-0.15, -0.1) is 0 Å². The second-order valence-electron chi connectivity index (χ2n) is 3.36. The van der Waals surface area contributed by atoms with Crippen LogP contribution in [0.15, 0.2) is 12.1 Å². The minimum Gasteiger partial charge on any atom is -0.488 e. The summed E-state index contributed by atoms with van der Waals surface area (Å²) in [6, 6.07) is 3.17. The standard InChI is InChI=1S/C12H15Cl3O3/c1-2-16-3-4-17-5-6-18-12-10(14)7-9(13)8-11(12)15/h7-8H,2-6H2,1H3. The van der Waals surface area contributed by atoms with Gasteiger partial charge in [-0.25, -0.2) is 0 Å². The van der Waals surface area contributed by atoms with Gasteiger partial charge in [0, 0.05) is 11.6 Å². The minimum atomic E-state index is 0.368. The maximum atomic E-state index is 5.96. The molecule has 0 spiro atoms. The van der Waals surface area contributed by atoms with Gasteiger partial charge in [0.15, 0.2) is 5.75 Å². The Labute approximate surface area is 122 Å². The molecule has 0 heterocycles. The predicted molar refractivity (Wildman–Crippen MR) is 74.3 cm³/mol. The van der Waals surface area contributed by atoms with Crippen LogP contribution in [0.5, 0.6) is 5.75 Å². The van der Waals surface area contributed by atoms with Gasteiger partial charge in [-0.05, 0) is 19.1 Å². The number of benzene rings is 1. The van der Waals surface area contributed by atoms with Crippen LogP contribution < -0.4 is 4.74 Å². The summed E-state index contributed by atoms with van der Waals surface area (Å²) in [7, 11) is 0. The highest BCUT2D eigenvalue weighted by Gasteiger charge is 2.08. The molecule has 0 aromatic heterocycles. The van der Waals surface area contributed by atoms with Gasteiger partial charge in [-0.1, -0.05) is 34.8 Å². The van der Waals surface area contributed by atoms with Gasteiger partial charge in [0.1, 0.15) is 6.61 Å². The van der Waals surface area contributed by atoms with Crippen LogP contribution in [-0.2, 0) is 9.47 Å². The molecule has 0 saturated heterocycles. The number of ether oxygens (including phenoxy) is 3. The second-order valence-corrected chi connectivity index (χ2v) is 4.61. The quantitative estimate of drug-likeness (QED) is 0.677. The summed E-state index contributed by atoms with van der Waals surface area (Å²) >= 11 is 17.7. The molecule has 0 aliphatic carbocycles. The number of hydrogen-bond acceptors (Lipinski definition) is 3. The van der Waals surface area contributed by atoms with E-state index in [1.54, 1.807) is 12.1 Å². The molecule has 0 unspecified atom stereocenters. The number of rotatable bonds is 8. The minimum absolute atomic E-state index is 0.368. The molecule has 0 saturated carbocycles. The van der Waals surface area contributed by atoms with Crippen molar-refractivity contribution >= 4 is 34.8 Å². The van der Waals surface area contributed by atoms with E-state index in [-0.39, 0.29) is 0 Å². The summed E-state index contributed by atoms with van der Waals surface area (Å²) in [5.41, 5.74) is 0. The molecule has 0 atom stereocenters. The van der Waals surface area contributed by atoms with Gasteiger partial charge in [0.05, 0.1) is 29.9 Å². The Morgan fingerprint density at radius 3 is 2.06 bits per heavy atom. The van der Waals surface area contributed by atoms with Gasteiger partial charge in [0.2, 0.25) is 0 Å². The van der Waals surface area contributed by atoms with Crippen LogP contribution in [0.25, 0.3) is 0 Å². The zero-order chi connectivity index (χ0) is 13.4. The first-order chi connectivity index (χ1) is 8.65. The Balaban J connectivity index is 2.27. The lowest BCUT2D eigenvalue weighted by molar-refractivity contribution is 0.0405. The van der Waals surface area contributed by atoms with Gasteiger partial charge in [0.25, 0.3) is 0 Å². The van der Waals surface area contributed by atoms with Crippen LogP contribution in [0.4, 0.5) is 0 Å². The van der Waals surface area contributed by atoms with Crippen LogP contribution in [0.2, 0.25) is 15.1 Å². The molecule has 0 aliphatic heterocycles. The van der Waals surface area contributed by atoms with Crippen molar-refractivity contribution in [2.24, 2.45) is 0 Å². The Kier molecular flexibility index (Phi) is 7.79. The summed E-state index contributed by atoms with van der Waals surface area (Å²) in [5.74, 6) is 0.427. The molecule has 102 valence electrons. The zero-order valence-electron chi connectivity index (χ0n) is 10.0. The van der Waals surface area contributed by atoms with Crippen molar-refractivity contribution in [1.82, 2.24) is 0 Å².